The average molecular weight is 1020 g/mol. The first-order chi connectivity index (χ1) is 33.2. The second-order valence-electron chi connectivity index (χ2n) is 21.0. The van der Waals surface area contributed by atoms with Crippen LogP contribution in [-0.4, -0.2) is 140 Å². The fourth-order valence-corrected chi connectivity index (χ4v) is 11.0. The number of likely N-dealkylation sites (N-methyl/N-ethyl adjacent to an activating group) is 1. The Morgan fingerprint density at radius 1 is 1.11 bits per heavy atom. The molecule has 0 spiro atoms. The van der Waals surface area contributed by atoms with E-state index < -0.39 is 95.1 Å². The summed E-state index contributed by atoms with van der Waals surface area (Å²) in [7, 11) is 3.64. The number of oxime groups is 1. The van der Waals surface area contributed by atoms with Gasteiger partial charge in [-0.3, -0.25) is 19.4 Å². The first kappa shape index (κ1) is 57.7. The molecule has 3 fully saturated rings. The van der Waals surface area contributed by atoms with Crippen molar-refractivity contribution < 1.29 is 57.6 Å². The number of nitrogens with two attached hydrogens (primary N) is 1. The number of cyclic esters (lactones) is 1. The monoisotopic (exact) mass is 1020 g/mol. The molecule has 3 aliphatic rings. The number of Topliss-reactive ketones (excluding diaryl/α,β-unsaturated/α-hetero) is 1. The van der Waals surface area contributed by atoms with Crippen LogP contribution in [0.4, 0.5) is 10.2 Å². The van der Waals surface area contributed by atoms with Gasteiger partial charge in [0.2, 0.25) is 11.8 Å². The number of amides is 2. The van der Waals surface area contributed by atoms with Crippen LogP contribution in [0.3, 0.4) is 0 Å². The summed E-state index contributed by atoms with van der Waals surface area (Å²) < 4.78 is 42.8. The third-order valence-corrected chi connectivity index (χ3v) is 15.2. The number of carbonyl (C=O) groups excluding carboxylic acids is 4. The van der Waals surface area contributed by atoms with Crippen LogP contribution in [-0.2, 0) is 49.6 Å². The normalized spacial score (nSPS) is 35.1. The molecule has 0 aliphatic carbocycles. The summed E-state index contributed by atoms with van der Waals surface area (Å²) >= 11 is 1.34. The van der Waals surface area contributed by atoms with Crippen molar-refractivity contribution in [3.05, 3.63) is 29.4 Å². The highest BCUT2D eigenvalue weighted by atomic mass is 32.1. The van der Waals surface area contributed by atoms with Crippen LogP contribution >= 0.6 is 11.3 Å². The van der Waals surface area contributed by atoms with Crippen molar-refractivity contribution >= 4 is 52.1 Å². The number of ketones is 1. The molecule has 396 valence electrons. The number of nitrogens with one attached hydrogen (secondary N) is 1. The molecule has 2 aromatic rings. The molecule has 2 amide bonds. The van der Waals surface area contributed by atoms with E-state index in [1.165, 1.54) is 25.2 Å². The van der Waals surface area contributed by atoms with Gasteiger partial charge in [0, 0.05) is 47.2 Å². The average Bonchev–Trinajstić information content (AvgIpc) is 3.77. The third kappa shape index (κ3) is 13.9. The fraction of sp³-hybridized carbons (Fsp3) is 0.725. The number of aliphatic hydroxyl groups excluding tert-OH is 1. The van der Waals surface area contributed by atoms with E-state index in [1.807, 2.05) is 59.7 Å². The van der Waals surface area contributed by atoms with Crippen molar-refractivity contribution in [2.45, 2.75) is 187 Å². The second-order valence-corrected chi connectivity index (χ2v) is 21.8. The van der Waals surface area contributed by atoms with E-state index in [-0.39, 0.29) is 63.1 Å². The predicted octanol–water partition coefficient (Wildman–Crippen LogP) is 6.45. The highest BCUT2D eigenvalue weighted by molar-refractivity contribution is 7.13. The zero-order valence-corrected chi connectivity index (χ0v) is 44.6. The molecule has 2 bridgehead atoms. The minimum absolute atomic E-state index is 0.0352. The smallest absolute Gasteiger partial charge is 0.351 e. The number of rotatable bonds is 13. The first-order valence-electron chi connectivity index (χ1n) is 25.0. The molecule has 5 N–H and O–H groups in total. The maximum Gasteiger partial charge on any atom is 0.351 e. The molecule has 0 saturated carbocycles. The molecule has 3 saturated heterocycles. The topological polar surface area (TPSA) is 247 Å². The number of carbonyl (C=O) groups is 4. The summed E-state index contributed by atoms with van der Waals surface area (Å²) in [5.74, 6) is -6.10. The Balaban J connectivity index is 1.57. The number of anilines is 1. The number of alkyl halides is 1. The zero-order chi connectivity index (χ0) is 52.7. The number of esters is 1. The number of pyridine rings is 1. The second kappa shape index (κ2) is 24.3. The number of hydrogen-bond donors (Lipinski definition) is 4. The summed E-state index contributed by atoms with van der Waals surface area (Å²) in [6.07, 6.45) is -2.41. The summed E-state index contributed by atoms with van der Waals surface area (Å²) in [4.78, 5) is 76.1. The summed E-state index contributed by atoms with van der Waals surface area (Å²) in [6, 6.07) is 2.53. The van der Waals surface area contributed by atoms with Gasteiger partial charge < -0.3 is 49.9 Å². The van der Waals surface area contributed by atoms with E-state index in [0.717, 1.165) is 6.92 Å². The SMILES string of the molecule is CCC(=O)N=C1C(C)C[C@@]2(C)OC/C(=N/OCc3ccc(-c4nc(NC(=O)[C@@H](N)CC(C)C)cs4)cn3)CC[C@H]([C@H]1C)[C@](C)(O)[C@@H](CC)OC(=O)[C@@](C)(F)C(=O)[C@H](C)[C@H]2O[C@@H]1O[C@H](C)C[C@H](N(C)C)[C@H]1O. The summed E-state index contributed by atoms with van der Waals surface area (Å²) in [6.45, 7) is 18.2. The van der Waals surface area contributed by atoms with Crippen molar-refractivity contribution in [2.75, 3.05) is 26.0 Å². The maximum absolute atomic E-state index is 17.1. The van der Waals surface area contributed by atoms with Gasteiger partial charge in [0.15, 0.2) is 18.7 Å². The molecule has 0 aromatic carbocycles. The first-order valence-corrected chi connectivity index (χ1v) is 25.8. The van der Waals surface area contributed by atoms with Crippen molar-refractivity contribution in [3.8, 4) is 10.6 Å². The standard InChI is InChI=1S/C51H78FN7O11S/c1-14-38-51(11,65)35-19-18-34(58-67-25-33-17-16-32(23-54-33)46-56-39(26-71-46)55-45(63)36(53)20-27(3)4)24-66-49(9,22-28(5)41(30(35)7)57-40(60)15-2)44(31(8)43(62)50(10,52)48(64)69-38)70-47-42(61)37(59(12)13)21-29(6)68-47/h16-17,23,26-31,35-38,42,44,47,61,65H,14-15,18-22,24-25,53H2,1-13H3,(H,55,63)/b57-41?,58-34+/t28?,29-,30-,31+,35-,36+,37+,38-,42-,44-,47+,49-,50+,51+/m1/s1. The largest absolute Gasteiger partial charge is 0.457 e. The Bertz CT molecular complexity index is 2220. The van der Waals surface area contributed by atoms with Gasteiger partial charge in [0.25, 0.3) is 5.67 Å². The number of aliphatic hydroxyl groups is 2. The quantitative estimate of drug-likeness (QED) is 0.0957. The number of aliphatic imine (C=N–C) groups is 1. The molecule has 18 nitrogen and oxygen atoms in total. The van der Waals surface area contributed by atoms with Crippen molar-refractivity contribution in [1.29, 1.82) is 0 Å². The van der Waals surface area contributed by atoms with Crippen molar-refractivity contribution in [1.82, 2.24) is 14.9 Å². The van der Waals surface area contributed by atoms with Crippen molar-refractivity contribution in [3.63, 3.8) is 0 Å². The Morgan fingerprint density at radius 2 is 1.82 bits per heavy atom. The molecule has 5 rings (SSSR count). The van der Waals surface area contributed by atoms with E-state index in [9.17, 15) is 29.4 Å². The molecule has 71 heavy (non-hydrogen) atoms. The lowest BCUT2D eigenvalue weighted by atomic mass is 9.68. The lowest BCUT2D eigenvalue weighted by Crippen LogP contribution is -2.61. The van der Waals surface area contributed by atoms with Crippen LogP contribution in [0.2, 0.25) is 0 Å². The lowest BCUT2D eigenvalue weighted by molar-refractivity contribution is -0.296. The van der Waals surface area contributed by atoms with Crippen molar-refractivity contribution in [2.24, 2.45) is 45.5 Å². The van der Waals surface area contributed by atoms with Gasteiger partial charge in [0.05, 0.1) is 41.9 Å². The van der Waals surface area contributed by atoms with E-state index in [4.69, 9.17) is 29.5 Å². The highest BCUT2D eigenvalue weighted by Gasteiger charge is 2.56. The third-order valence-electron chi connectivity index (χ3n) is 14.3. The van der Waals surface area contributed by atoms with Gasteiger partial charge in [-0.2, -0.15) is 0 Å². The highest BCUT2D eigenvalue weighted by Crippen LogP contribution is 2.43. The lowest BCUT2D eigenvalue weighted by Gasteiger charge is -2.48. The van der Waals surface area contributed by atoms with E-state index in [1.54, 1.807) is 38.4 Å². The van der Waals surface area contributed by atoms with Gasteiger partial charge >= 0.3 is 5.97 Å². The van der Waals surface area contributed by atoms with Crippen LogP contribution in [0.5, 0.6) is 0 Å². The van der Waals surface area contributed by atoms with Crippen LogP contribution in [0.1, 0.15) is 127 Å². The molecule has 5 heterocycles. The molecule has 14 atom stereocenters. The van der Waals surface area contributed by atoms with Gasteiger partial charge in [0.1, 0.15) is 28.6 Å². The Labute approximate surface area is 422 Å². The molecule has 0 radical (unpaired) electrons. The Hall–Kier alpha value is -4.15. The number of aromatic nitrogens is 2. The van der Waals surface area contributed by atoms with Gasteiger partial charge in [-0.05, 0) is 110 Å². The molecule has 20 heteroatoms. The van der Waals surface area contributed by atoms with Crippen LogP contribution < -0.4 is 11.1 Å². The minimum Gasteiger partial charge on any atom is -0.457 e. The minimum atomic E-state index is -3.21. The Kier molecular flexibility index (Phi) is 19.7. The summed E-state index contributed by atoms with van der Waals surface area (Å²) in [5.41, 5.74) is 1.52. The fourth-order valence-electron chi connectivity index (χ4n) is 10.3. The van der Waals surface area contributed by atoms with Crippen LogP contribution in [0.15, 0.2) is 33.9 Å². The van der Waals surface area contributed by atoms with Gasteiger partial charge in [-0.25, -0.2) is 19.2 Å². The van der Waals surface area contributed by atoms with Crippen LogP contribution in [0, 0.1) is 29.6 Å². The number of hydrogen-bond acceptors (Lipinski definition) is 17. The van der Waals surface area contributed by atoms with E-state index >= 15 is 4.39 Å². The number of nitrogens with zero attached hydrogens (tertiary/aromatic N) is 5. The molecular formula is C51H78FN7O11S. The van der Waals surface area contributed by atoms with Gasteiger partial charge in [-0.15, -0.1) is 11.3 Å². The molecule has 3 aliphatic heterocycles. The summed E-state index contributed by atoms with van der Waals surface area (Å²) in [5, 5.41) is 34.1. The molecule has 2 aromatic heterocycles. The Morgan fingerprint density at radius 3 is 2.44 bits per heavy atom. The van der Waals surface area contributed by atoms with E-state index in [2.05, 4.69) is 25.4 Å². The van der Waals surface area contributed by atoms with E-state index in [0.29, 0.717) is 46.3 Å². The molecule has 1 unspecified atom stereocenters. The number of fused-ring (bicyclic) bond motifs is 5. The number of thiazole rings is 1. The maximum atomic E-state index is 17.1. The van der Waals surface area contributed by atoms with Gasteiger partial charge in [-0.1, -0.05) is 53.6 Å². The van der Waals surface area contributed by atoms with Crippen LogP contribution in [0.25, 0.3) is 10.6 Å². The number of ether oxygens (including phenoxy) is 4. The zero-order valence-electron chi connectivity index (χ0n) is 43.8. The predicted molar refractivity (Wildman–Crippen MR) is 268 cm³/mol. The molecular weight excluding hydrogens is 938 g/mol. The number of halogens is 1.